The van der Waals surface area contributed by atoms with Gasteiger partial charge in [0.05, 0.1) is 10.7 Å². The first-order valence-electron chi connectivity index (χ1n) is 6.35. The summed E-state index contributed by atoms with van der Waals surface area (Å²) < 4.78 is 26.0. The van der Waals surface area contributed by atoms with Gasteiger partial charge in [0.2, 0.25) is 0 Å². The van der Waals surface area contributed by atoms with Gasteiger partial charge >= 0.3 is 0 Å². The lowest BCUT2D eigenvalue weighted by atomic mass is 9.98. The molecule has 0 saturated carbocycles. The van der Waals surface area contributed by atoms with Crippen molar-refractivity contribution in [2.45, 2.75) is 38.7 Å². The number of rotatable bonds is 3. The highest BCUT2D eigenvalue weighted by Gasteiger charge is 2.20. The maximum atomic E-state index is 13.1. The van der Waals surface area contributed by atoms with Crippen LogP contribution in [-0.2, 0) is 11.8 Å². The molecule has 1 aromatic heterocycles. The fraction of sp³-hybridized carbons (Fsp3) is 0.400. The number of hydrogen-bond donors (Lipinski definition) is 1. The molecule has 0 amide bonds. The SMILES string of the molecule is CC(C)(C)c1nc(C(O)Cc2ccc(F)c(F)c2)cs1. The average Bonchev–Trinajstić information content (AvgIpc) is 2.83. The van der Waals surface area contributed by atoms with Gasteiger partial charge < -0.3 is 5.11 Å². The number of nitrogens with zero attached hydrogens (tertiary/aromatic N) is 1. The number of aliphatic hydroxyl groups is 1. The summed E-state index contributed by atoms with van der Waals surface area (Å²) >= 11 is 1.50. The standard InChI is InChI=1S/C15H17F2NOS/c1-15(2,3)14-18-12(8-20-14)13(19)7-9-4-5-10(16)11(17)6-9/h4-6,8,13,19H,7H2,1-3H3. The number of halogens is 2. The molecule has 1 atom stereocenters. The first kappa shape index (κ1) is 15.1. The first-order chi connectivity index (χ1) is 9.27. The third-order valence-electron chi connectivity index (χ3n) is 2.92. The van der Waals surface area contributed by atoms with Gasteiger partial charge in [0.15, 0.2) is 11.6 Å². The summed E-state index contributed by atoms with van der Waals surface area (Å²) in [6, 6.07) is 3.65. The molecule has 1 heterocycles. The third kappa shape index (κ3) is 3.41. The van der Waals surface area contributed by atoms with Crippen LogP contribution in [-0.4, -0.2) is 10.1 Å². The van der Waals surface area contributed by atoms with Crippen LogP contribution in [0.3, 0.4) is 0 Å². The molecular weight excluding hydrogens is 280 g/mol. The Balaban J connectivity index is 2.13. The summed E-state index contributed by atoms with van der Waals surface area (Å²) in [4.78, 5) is 4.42. The molecule has 0 radical (unpaired) electrons. The molecule has 20 heavy (non-hydrogen) atoms. The molecule has 1 N–H and O–H groups in total. The van der Waals surface area contributed by atoms with E-state index in [9.17, 15) is 13.9 Å². The number of aromatic nitrogens is 1. The Morgan fingerprint density at radius 2 is 1.95 bits per heavy atom. The molecule has 1 unspecified atom stereocenters. The molecule has 0 saturated heterocycles. The van der Waals surface area contributed by atoms with Crippen molar-refractivity contribution < 1.29 is 13.9 Å². The average molecular weight is 297 g/mol. The van der Waals surface area contributed by atoms with Crippen molar-refractivity contribution in [2.75, 3.05) is 0 Å². The van der Waals surface area contributed by atoms with Crippen LogP contribution in [0.1, 0.15) is 43.1 Å². The van der Waals surface area contributed by atoms with E-state index in [4.69, 9.17) is 0 Å². The second-order valence-corrected chi connectivity index (χ2v) is 6.65. The zero-order valence-corrected chi connectivity index (χ0v) is 12.5. The van der Waals surface area contributed by atoms with Crippen LogP contribution in [0, 0.1) is 11.6 Å². The number of thiazole rings is 1. The Hall–Kier alpha value is -1.33. The van der Waals surface area contributed by atoms with Crippen molar-refractivity contribution in [2.24, 2.45) is 0 Å². The van der Waals surface area contributed by atoms with E-state index < -0.39 is 17.7 Å². The molecule has 0 fully saturated rings. The van der Waals surface area contributed by atoms with Crippen molar-refractivity contribution in [1.29, 1.82) is 0 Å². The van der Waals surface area contributed by atoms with Crippen LogP contribution in [0.25, 0.3) is 0 Å². The Morgan fingerprint density at radius 1 is 1.25 bits per heavy atom. The van der Waals surface area contributed by atoms with Crippen LogP contribution in [0.5, 0.6) is 0 Å². The van der Waals surface area contributed by atoms with Crippen molar-refractivity contribution in [3.05, 3.63) is 51.5 Å². The number of benzene rings is 1. The minimum absolute atomic E-state index is 0.0649. The van der Waals surface area contributed by atoms with Crippen molar-refractivity contribution >= 4 is 11.3 Å². The maximum absolute atomic E-state index is 13.1. The second kappa shape index (κ2) is 5.58. The summed E-state index contributed by atoms with van der Waals surface area (Å²) in [5.74, 6) is -1.78. The zero-order chi connectivity index (χ0) is 14.9. The van der Waals surface area contributed by atoms with Gasteiger partial charge in [-0.2, -0.15) is 0 Å². The lowest BCUT2D eigenvalue weighted by Gasteiger charge is -2.14. The van der Waals surface area contributed by atoms with E-state index in [1.54, 1.807) is 0 Å². The normalized spacial score (nSPS) is 13.5. The largest absolute Gasteiger partial charge is 0.386 e. The molecule has 0 aliphatic carbocycles. The maximum Gasteiger partial charge on any atom is 0.159 e. The van der Waals surface area contributed by atoms with Crippen LogP contribution in [0.4, 0.5) is 8.78 Å². The quantitative estimate of drug-likeness (QED) is 0.929. The molecule has 0 aliphatic heterocycles. The van der Waals surface area contributed by atoms with Crippen LogP contribution in [0.2, 0.25) is 0 Å². The molecule has 108 valence electrons. The highest BCUT2D eigenvalue weighted by molar-refractivity contribution is 7.09. The molecule has 2 nitrogen and oxygen atoms in total. The topological polar surface area (TPSA) is 33.1 Å². The Labute approximate surface area is 121 Å². The van der Waals surface area contributed by atoms with Crippen LogP contribution < -0.4 is 0 Å². The number of aliphatic hydroxyl groups excluding tert-OH is 1. The van der Waals surface area contributed by atoms with E-state index in [1.165, 1.54) is 17.4 Å². The van der Waals surface area contributed by atoms with E-state index >= 15 is 0 Å². The van der Waals surface area contributed by atoms with Crippen LogP contribution >= 0.6 is 11.3 Å². The predicted molar refractivity (Wildman–Crippen MR) is 75.8 cm³/mol. The highest BCUT2D eigenvalue weighted by atomic mass is 32.1. The minimum atomic E-state index is -0.900. The van der Waals surface area contributed by atoms with Crippen molar-refractivity contribution in [3.63, 3.8) is 0 Å². The lowest BCUT2D eigenvalue weighted by molar-refractivity contribution is 0.174. The summed E-state index contributed by atoms with van der Waals surface area (Å²) in [6.45, 7) is 6.16. The molecule has 5 heteroatoms. The smallest absolute Gasteiger partial charge is 0.159 e. The Morgan fingerprint density at radius 3 is 2.50 bits per heavy atom. The highest BCUT2D eigenvalue weighted by Crippen LogP contribution is 2.28. The van der Waals surface area contributed by atoms with Crippen molar-refractivity contribution in [3.8, 4) is 0 Å². The third-order valence-corrected chi connectivity index (χ3v) is 4.20. The van der Waals surface area contributed by atoms with Gasteiger partial charge in [-0.3, -0.25) is 0 Å². The van der Waals surface area contributed by atoms with E-state index in [2.05, 4.69) is 25.8 Å². The Kier molecular flexibility index (Phi) is 4.20. The molecule has 1 aromatic carbocycles. The molecular formula is C15H17F2NOS. The summed E-state index contributed by atoms with van der Waals surface area (Å²) in [5.41, 5.74) is 1.05. The zero-order valence-electron chi connectivity index (χ0n) is 11.7. The second-order valence-electron chi connectivity index (χ2n) is 5.80. The van der Waals surface area contributed by atoms with Gasteiger partial charge in [0.1, 0.15) is 6.10 Å². The summed E-state index contributed by atoms with van der Waals surface area (Å²) in [7, 11) is 0. The van der Waals surface area contributed by atoms with Gasteiger partial charge in [-0.25, -0.2) is 13.8 Å². The van der Waals surface area contributed by atoms with Crippen LogP contribution in [0.15, 0.2) is 23.6 Å². The number of hydrogen-bond acceptors (Lipinski definition) is 3. The van der Waals surface area contributed by atoms with Gasteiger partial charge in [-0.1, -0.05) is 26.8 Å². The minimum Gasteiger partial charge on any atom is -0.386 e. The van der Waals surface area contributed by atoms with Crippen molar-refractivity contribution in [1.82, 2.24) is 4.98 Å². The Bertz CT molecular complexity index is 604. The lowest BCUT2D eigenvalue weighted by Crippen LogP contribution is -2.11. The molecule has 2 aromatic rings. The van der Waals surface area contributed by atoms with Gasteiger partial charge in [-0.15, -0.1) is 11.3 Å². The summed E-state index contributed by atoms with van der Waals surface area (Å²) in [6.07, 6.45) is -0.600. The monoisotopic (exact) mass is 297 g/mol. The fourth-order valence-electron chi connectivity index (χ4n) is 1.78. The molecule has 0 spiro atoms. The van der Waals surface area contributed by atoms with E-state index in [-0.39, 0.29) is 11.8 Å². The van der Waals surface area contributed by atoms with Gasteiger partial charge in [0, 0.05) is 17.2 Å². The molecule has 0 bridgehead atoms. The first-order valence-corrected chi connectivity index (χ1v) is 7.23. The molecule has 2 rings (SSSR count). The molecule has 0 aliphatic rings. The van der Waals surface area contributed by atoms with Gasteiger partial charge in [-0.05, 0) is 17.7 Å². The fourth-order valence-corrected chi connectivity index (χ4v) is 2.73. The summed E-state index contributed by atoms with van der Waals surface area (Å²) in [5, 5.41) is 12.9. The van der Waals surface area contributed by atoms with E-state index in [1.807, 2.05) is 5.38 Å². The van der Waals surface area contributed by atoms with Gasteiger partial charge in [0.25, 0.3) is 0 Å². The van der Waals surface area contributed by atoms with E-state index in [0.29, 0.717) is 11.3 Å². The van der Waals surface area contributed by atoms with E-state index in [0.717, 1.165) is 17.1 Å². The predicted octanol–water partition coefficient (Wildman–Crippen LogP) is 3.99.